The van der Waals surface area contributed by atoms with Crippen molar-refractivity contribution in [2.75, 3.05) is 13.7 Å². The third-order valence-electron chi connectivity index (χ3n) is 4.32. The Balaban J connectivity index is 2.03. The van der Waals surface area contributed by atoms with Gasteiger partial charge in [0.25, 0.3) is 5.91 Å². The van der Waals surface area contributed by atoms with Crippen molar-refractivity contribution in [3.8, 4) is 0 Å². The zero-order valence-electron chi connectivity index (χ0n) is 13.0. The number of carbonyl (C=O) groups is 2. The SMILES string of the molecule is COC1(CNC(=O)c2ccc(C(=O)O)c(C)n2)CCCCC1. The molecule has 0 atom stereocenters. The molecule has 1 heterocycles. The average molecular weight is 306 g/mol. The fourth-order valence-corrected chi connectivity index (χ4v) is 2.89. The highest BCUT2D eigenvalue weighted by molar-refractivity contribution is 5.94. The van der Waals surface area contributed by atoms with Crippen molar-refractivity contribution in [2.24, 2.45) is 0 Å². The molecule has 1 aromatic heterocycles. The predicted molar refractivity (Wildman–Crippen MR) is 81.1 cm³/mol. The highest BCUT2D eigenvalue weighted by atomic mass is 16.5. The molecule has 1 saturated carbocycles. The summed E-state index contributed by atoms with van der Waals surface area (Å²) in [5.74, 6) is -1.35. The molecule has 6 nitrogen and oxygen atoms in total. The molecule has 6 heteroatoms. The van der Waals surface area contributed by atoms with E-state index in [0.29, 0.717) is 12.2 Å². The van der Waals surface area contributed by atoms with E-state index in [4.69, 9.17) is 9.84 Å². The van der Waals surface area contributed by atoms with Crippen LogP contribution in [0.5, 0.6) is 0 Å². The van der Waals surface area contributed by atoms with Crippen LogP contribution in [0.3, 0.4) is 0 Å². The second kappa shape index (κ2) is 6.87. The average Bonchev–Trinajstić information content (AvgIpc) is 2.53. The van der Waals surface area contributed by atoms with E-state index in [-0.39, 0.29) is 22.8 Å². The monoisotopic (exact) mass is 306 g/mol. The maximum Gasteiger partial charge on any atom is 0.337 e. The summed E-state index contributed by atoms with van der Waals surface area (Å²) in [5, 5.41) is 11.8. The van der Waals surface area contributed by atoms with Crippen LogP contribution in [0.2, 0.25) is 0 Å². The number of nitrogens with zero attached hydrogens (tertiary/aromatic N) is 1. The molecule has 2 N–H and O–H groups in total. The van der Waals surface area contributed by atoms with Gasteiger partial charge >= 0.3 is 5.97 Å². The molecule has 2 rings (SSSR count). The lowest BCUT2D eigenvalue weighted by molar-refractivity contribution is -0.0364. The summed E-state index contributed by atoms with van der Waals surface area (Å²) < 4.78 is 5.63. The molecule has 0 aromatic carbocycles. The summed E-state index contributed by atoms with van der Waals surface area (Å²) in [6, 6.07) is 2.85. The van der Waals surface area contributed by atoms with Gasteiger partial charge in [0.2, 0.25) is 0 Å². The molecule has 0 saturated heterocycles. The zero-order valence-corrected chi connectivity index (χ0v) is 13.0. The lowest BCUT2D eigenvalue weighted by atomic mass is 9.84. The number of pyridine rings is 1. The van der Waals surface area contributed by atoms with E-state index >= 15 is 0 Å². The van der Waals surface area contributed by atoms with Crippen LogP contribution in [-0.4, -0.2) is 41.2 Å². The van der Waals surface area contributed by atoms with E-state index in [0.717, 1.165) is 25.7 Å². The number of methoxy groups -OCH3 is 1. The van der Waals surface area contributed by atoms with E-state index in [1.165, 1.54) is 18.6 Å². The van der Waals surface area contributed by atoms with E-state index in [9.17, 15) is 9.59 Å². The maximum absolute atomic E-state index is 12.2. The number of carbonyl (C=O) groups excluding carboxylic acids is 1. The second-order valence-electron chi connectivity index (χ2n) is 5.77. The van der Waals surface area contributed by atoms with Crippen molar-refractivity contribution in [1.29, 1.82) is 0 Å². The van der Waals surface area contributed by atoms with E-state index in [1.807, 2.05) is 0 Å². The topological polar surface area (TPSA) is 88.5 Å². The van der Waals surface area contributed by atoms with Gasteiger partial charge in [-0.15, -0.1) is 0 Å². The van der Waals surface area contributed by atoms with Crippen molar-refractivity contribution in [2.45, 2.75) is 44.6 Å². The van der Waals surface area contributed by atoms with Crippen molar-refractivity contribution >= 4 is 11.9 Å². The summed E-state index contributed by atoms with van der Waals surface area (Å²) in [5.41, 5.74) is 0.380. The molecular formula is C16H22N2O4. The first-order valence-electron chi connectivity index (χ1n) is 7.52. The number of hydrogen-bond donors (Lipinski definition) is 2. The van der Waals surface area contributed by atoms with Crippen LogP contribution in [0.1, 0.15) is 58.6 Å². The van der Waals surface area contributed by atoms with Crippen LogP contribution in [0.25, 0.3) is 0 Å². The lowest BCUT2D eigenvalue weighted by Gasteiger charge is -2.36. The Labute approximate surface area is 129 Å². The Morgan fingerprint density at radius 3 is 2.55 bits per heavy atom. The Morgan fingerprint density at radius 2 is 2.00 bits per heavy atom. The highest BCUT2D eigenvalue weighted by Gasteiger charge is 2.32. The van der Waals surface area contributed by atoms with Gasteiger partial charge in [-0.3, -0.25) is 4.79 Å². The van der Waals surface area contributed by atoms with Gasteiger partial charge in [-0.25, -0.2) is 9.78 Å². The van der Waals surface area contributed by atoms with Crippen LogP contribution < -0.4 is 5.32 Å². The van der Waals surface area contributed by atoms with Crippen molar-refractivity contribution in [3.05, 3.63) is 29.1 Å². The van der Waals surface area contributed by atoms with Crippen LogP contribution in [-0.2, 0) is 4.74 Å². The number of nitrogens with one attached hydrogen (secondary N) is 1. The molecule has 1 fully saturated rings. The molecule has 1 amide bonds. The third-order valence-corrected chi connectivity index (χ3v) is 4.32. The van der Waals surface area contributed by atoms with Crippen molar-refractivity contribution in [3.63, 3.8) is 0 Å². The van der Waals surface area contributed by atoms with E-state index in [1.54, 1.807) is 14.0 Å². The molecule has 0 aliphatic heterocycles. The number of carboxylic acid groups (broad SMARTS) is 1. The van der Waals surface area contributed by atoms with Gasteiger partial charge in [0.15, 0.2) is 0 Å². The Morgan fingerprint density at radius 1 is 1.32 bits per heavy atom. The molecule has 0 spiro atoms. The van der Waals surface area contributed by atoms with Gasteiger partial charge in [0.05, 0.1) is 16.9 Å². The van der Waals surface area contributed by atoms with Gasteiger partial charge in [0.1, 0.15) is 5.69 Å². The van der Waals surface area contributed by atoms with E-state index < -0.39 is 5.97 Å². The summed E-state index contributed by atoms with van der Waals surface area (Å²) in [6.45, 7) is 2.03. The molecule has 0 bridgehead atoms. The van der Waals surface area contributed by atoms with Crippen LogP contribution in [0, 0.1) is 6.92 Å². The van der Waals surface area contributed by atoms with Gasteiger partial charge in [0, 0.05) is 13.7 Å². The molecule has 0 unspecified atom stereocenters. The minimum atomic E-state index is -1.04. The summed E-state index contributed by atoms with van der Waals surface area (Å²) in [4.78, 5) is 27.2. The minimum Gasteiger partial charge on any atom is -0.478 e. The first-order chi connectivity index (χ1) is 10.5. The number of aromatic nitrogens is 1. The highest BCUT2D eigenvalue weighted by Crippen LogP contribution is 2.30. The molecule has 1 aliphatic carbocycles. The van der Waals surface area contributed by atoms with Gasteiger partial charge in [-0.05, 0) is 31.9 Å². The van der Waals surface area contributed by atoms with Crippen LogP contribution in [0.4, 0.5) is 0 Å². The molecule has 22 heavy (non-hydrogen) atoms. The van der Waals surface area contributed by atoms with Crippen molar-refractivity contribution < 1.29 is 19.4 Å². The summed E-state index contributed by atoms with van der Waals surface area (Å²) >= 11 is 0. The Bertz CT molecular complexity index is 565. The summed E-state index contributed by atoms with van der Waals surface area (Å²) in [7, 11) is 1.68. The smallest absolute Gasteiger partial charge is 0.337 e. The largest absolute Gasteiger partial charge is 0.478 e. The maximum atomic E-state index is 12.2. The third kappa shape index (κ3) is 3.62. The Kier molecular flexibility index (Phi) is 5.13. The fourth-order valence-electron chi connectivity index (χ4n) is 2.89. The number of amides is 1. The number of hydrogen-bond acceptors (Lipinski definition) is 4. The number of aromatic carboxylic acids is 1. The number of ether oxygens (including phenoxy) is 1. The predicted octanol–water partition coefficient (Wildman–Crippen LogP) is 2.17. The second-order valence-corrected chi connectivity index (χ2v) is 5.77. The zero-order chi connectivity index (χ0) is 16.2. The molecular weight excluding hydrogens is 284 g/mol. The van der Waals surface area contributed by atoms with Gasteiger partial charge < -0.3 is 15.2 Å². The number of aryl methyl sites for hydroxylation is 1. The van der Waals surface area contributed by atoms with Crippen LogP contribution >= 0.6 is 0 Å². The number of rotatable bonds is 5. The molecule has 1 aliphatic rings. The number of carboxylic acids is 1. The first kappa shape index (κ1) is 16.4. The molecule has 0 radical (unpaired) electrons. The van der Waals surface area contributed by atoms with Crippen molar-refractivity contribution in [1.82, 2.24) is 10.3 Å². The quantitative estimate of drug-likeness (QED) is 0.870. The Hall–Kier alpha value is -1.95. The molecule has 1 aromatic rings. The fraction of sp³-hybridized carbons (Fsp3) is 0.562. The lowest BCUT2D eigenvalue weighted by Crippen LogP contribution is -2.45. The minimum absolute atomic E-state index is 0.109. The molecule has 120 valence electrons. The van der Waals surface area contributed by atoms with Gasteiger partial charge in [-0.1, -0.05) is 19.3 Å². The first-order valence-corrected chi connectivity index (χ1v) is 7.52. The normalized spacial score (nSPS) is 17.0. The van der Waals surface area contributed by atoms with Crippen LogP contribution in [0.15, 0.2) is 12.1 Å². The van der Waals surface area contributed by atoms with Gasteiger partial charge in [-0.2, -0.15) is 0 Å². The standard InChI is InChI=1S/C16H22N2O4/c1-11-12(15(20)21)6-7-13(18-11)14(19)17-10-16(22-2)8-4-3-5-9-16/h6-7H,3-5,8-10H2,1-2H3,(H,17,19)(H,20,21). The van der Waals surface area contributed by atoms with E-state index in [2.05, 4.69) is 10.3 Å². The summed E-state index contributed by atoms with van der Waals surface area (Å²) in [6.07, 6.45) is 5.29.